The third-order valence-electron chi connectivity index (χ3n) is 5.65. The normalized spacial score (nSPS) is 19.8. The van der Waals surface area contributed by atoms with E-state index in [1.807, 2.05) is 0 Å². The van der Waals surface area contributed by atoms with Gasteiger partial charge in [-0.05, 0) is 68.8 Å². The Labute approximate surface area is 160 Å². The summed E-state index contributed by atoms with van der Waals surface area (Å²) in [6, 6.07) is 7.20. The van der Waals surface area contributed by atoms with E-state index < -0.39 is 0 Å². The van der Waals surface area contributed by atoms with Crippen LogP contribution in [0.3, 0.4) is 0 Å². The molecule has 27 heavy (non-hydrogen) atoms. The lowest BCUT2D eigenvalue weighted by Gasteiger charge is -2.32. The quantitative estimate of drug-likeness (QED) is 0.618. The van der Waals surface area contributed by atoms with Crippen molar-refractivity contribution in [2.75, 3.05) is 37.3 Å². The number of nitrogen functional groups attached to an aromatic ring is 1. The minimum absolute atomic E-state index is 0.265. The number of ether oxygens (including phenoxy) is 1. The average molecular weight is 371 g/mol. The molecule has 1 atom stereocenters. The summed E-state index contributed by atoms with van der Waals surface area (Å²) in [5, 5.41) is 9.72. The van der Waals surface area contributed by atoms with Crippen LogP contribution in [0.5, 0.6) is 5.75 Å². The van der Waals surface area contributed by atoms with Crippen LogP contribution in [0, 0.1) is 0 Å². The first-order valence-electron chi connectivity index (χ1n) is 10.2. The van der Waals surface area contributed by atoms with Gasteiger partial charge in [-0.15, -0.1) is 5.10 Å². The number of nitrogens with one attached hydrogen (secondary N) is 2. The highest BCUT2D eigenvalue weighted by molar-refractivity contribution is 5.45. The first-order valence-corrected chi connectivity index (χ1v) is 10.2. The van der Waals surface area contributed by atoms with Crippen molar-refractivity contribution in [3.05, 3.63) is 29.3 Å². The molecule has 2 aliphatic rings. The van der Waals surface area contributed by atoms with Gasteiger partial charge in [0.1, 0.15) is 5.75 Å². The fourth-order valence-electron chi connectivity index (χ4n) is 4.31. The van der Waals surface area contributed by atoms with E-state index in [4.69, 9.17) is 10.5 Å². The molecule has 2 aromatic rings. The molecule has 0 radical (unpaired) electrons. The number of aromatic nitrogens is 3. The molecule has 0 spiro atoms. The molecule has 4 N–H and O–H groups in total. The molecule has 7 heteroatoms. The topological polar surface area (TPSA) is 92.1 Å². The Morgan fingerprint density at radius 2 is 2.11 bits per heavy atom. The maximum Gasteiger partial charge on any atom is 0.241 e. The molecule has 146 valence electrons. The summed E-state index contributed by atoms with van der Waals surface area (Å²) in [7, 11) is 0. The highest BCUT2D eigenvalue weighted by Gasteiger charge is 2.30. The first-order chi connectivity index (χ1) is 13.3. The van der Waals surface area contributed by atoms with Gasteiger partial charge in [-0.2, -0.15) is 4.98 Å². The minimum atomic E-state index is 0.265. The van der Waals surface area contributed by atoms with Crippen molar-refractivity contribution < 1.29 is 4.74 Å². The average Bonchev–Trinajstić information content (AvgIpc) is 3.32. The second-order valence-electron chi connectivity index (χ2n) is 7.50. The second kappa shape index (κ2) is 8.61. The molecule has 1 aliphatic carbocycles. The van der Waals surface area contributed by atoms with E-state index in [2.05, 4.69) is 43.6 Å². The number of unbranched alkanes of at least 4 members (excludes halogenated alkanes) is 1. The lowest BCUT2D eigenvalue weighted by atomic mass is 10.0. The Bertz CT molecular complexity index is 740. The van der Waals surface area contributed by atoms with Crippen LogP contribution in [0.15, 0.2) is 18.2 Å². The summed E-state index contributed by atoms with van der Waals surface area (Å²) < 4.78 is 6.14. The third kappa shape index (κ3) is 4.35. The molecule has 4 rings (SSSR count). The van der Waals surface area contributed by atoms with Crippen molar-refractivity contribution in [1.29, 1.82) is 0 Å². The molecule has 1 aromatic heterocycles. The molecule has 0 saturated carbocycles. The predicted molar refractivity (Wildman–Crippen MR) is 107 cm³/mol. The van der Waals surface area contributed by atoms with Crippen LogP contribution in [-0.2, 0) is 6.42 Å². The molecule has 1 saturated heterocycles. The van der Waals surface area contributed by atoms with Crippen molar-refractivity contribution in [2.24, 2.45) is 0 Å². The SMILES string of the molecule is Nc1n[nH]c(NCCCCOc2cccc3c2CCC3N2CCCCC2)n1. The van der Waals surface area contributed by atoms with Crippen molar-refractivity contribution in [1.82, 2.24) is 20.1 Å². The number of fused-ring (bicyclic) bond motifs is 1. The highest BCUT2D eigenvalue weighted by Crippen LogP contribution is 2.41. The Morgan fingerprint density at radius 1 is 1.22 bits per heavy atom. The van der Waals surface area contributed by atoms with E-state index in [1.165, 1.54) is 49.9 Å². The molecule has 1 fully saturated rings. The van der Waals surface area contributed by atoms with Crippen LogP contribution in [0.1, 0.15) is 55.7 Å². The third-order valence-corrected chi connectivity index (χ3v) is 5.65. The summed E-state index contributed by atoms with van der Waals surface area (Å²) in [6.45, 7) is 4.06. The van der Waals surface area contributed by atoms with E-state index >= 15 is 0 Å². The molecular formula is C20H30N6O. The smallest absolute Gasteiger partial charge is 0.241 e. The molecule has 0 bridgehead atoms. The minimum Gasteiger partial charge on any atom is -0.493 e. The molecule has 2 heterocycles. The van der Waals surface area contributed by atoms with E-state index in [9.17, 15) is 0 Å². The van der Waals surface area contributed by atoms with Gasteiger partial charge in [0.15, 0.2) is 0 Å². The summed E-state index contributed by atoms with van der Waals surface area (Å²) in [6.07, 6.45) is 8.45. The maximum atomic E-state index is 6.14. The number of H-pyrrole nitrogens is 1. The van der Waals surface area contributed by atoms with Gasteiger partial charge in [-0.1, -0.05) is 18.6 Å². The summed E-state index contributed by atoms with van der Waals surface area (Å²) in [5.74, 6) is 1.97. The van der Waals surface area contributed by atoms with Gasteiger partial charge in [0, 0.05) is 12.6 Å². The summed E-state index contributed by atoms with van der Waals surface area (Å²) in [5.41, 5.74) is 8.41. The van der Waals surface area contributed by atoms with Gasteiger partial charge >= 0.3 is 0 Å². The van der Waals surface area contributed by atoms with Gasteiger partial charge in [0.2, 0.25) is 11.9 Å². The van der Waals surface area contributed by atoms with E-state index in [0.717, 1.165) is 38.2 Å². The molecule has 1 aromatic carbocycles. The largest absolute Gasteiger partial charge is 0.493 e. The Morgan fingerprint density at radius 3 is 2.93 bits per heavy atom. The lowest BCUT2D eigenvalue weighted by molar-refractivity contribution is 0.163. The number of likely N-dealkylation sites (tertiary alicyclic amines) is 1. The molecular weight excluding hydrogens is 340 g/mol. The zero-order valence-electron chi connectivity index (χ0n) is 15.9. The van der Waals surface area contributed by atoms with Gasteiger partial charge in [0.25, 0.3) is 0 Å². The lowest BCUT2D eigenvalue weighted by Crippen LogP contribution is -2.32. The van der Waals surface area contributed by atoms with Crippen molar-refractivity contribution >= 4 is 11.9 Å². The number of piperidine rings is 1. The monoisotopic (exact) mass is 370 g/mol. The van der Waals surface area contributed by atoms with Gasteiger partial charge in [-0.3, -0.25) is 4.90 Å². The molecule has 1 aliphatic heterocycles. The number of aromatic amines is 1. The van der Waals surface area contributed by atoms with Gasteiger partial charge in [0.05, 0.1) is 6.61 Å². The van der Waals surface area contributed by atoms with Crippen molar-refractivity contribution in [2.45, 2.75) is 51.0 Å². The Balaban J connectivity index is 1.24. The van der Waals surface area contributed by atoms with Gasteiger partial charge in [-0.25, -0.2) is 5.10 Å². The zero-order chi connectivity index (χ0) is 18.5. The highest BCUT2D eigenvalue weighted by atomic mass is 16.5. The van der Waals surface area contributed by atoms with Crippen molar-refractivity contribution in [3.8, 4) is 5.75 Å². The van der Waals surface area contributed by atoms with Crippen molar-refractivity contribution in [3.63, 3.8) is 0 Å². The maximum absolute atomic E-state index is 6.14. The number of benzene rings is 1. The Kier molecular flexibility index (Phi) is 5.77. The predicted octanol–water partition coefficient (Wildman–Crippen LogP) is 3.13. The number of hydrogen-bond donors (Lipinski definition) is 3. The van der Waals surface area contributed by atoms with Crippen LogP contribution < -0.4 is 15.8 Å². The number of nitrogens with two attached hydrogens (primary N) is 1. The van der Waals surface area contributed by atoms with Crippen LogP contribution in [0.25, 0.3) is 0 Å². The summed E-state index contributed by atoms with van der Waals surface area (Å²) >= 11 is 0. The standard InChI is InChI=1S/C20H30N6O/c21-19-23-20(25-24-19)22-11-2-5-14-27-18-8-6-7-15-16(18)9-10-17(15)26-12-3-1-4-13-26/h6-8,17H,1-5,9-14H2,(H4,21,22,23,24,25). The zero-order valence-corrected chi connectivity index (χ0v) is 15.9. The second-order valence-corrected chi connectivity index (χ2v) is 7.50. The molecule has 0 amide bonds. The van der Waals surface area contributed by atoms with Crippen LogP contribution >= 0.6 is 0 Å². The van der Waals surface area contributed by atoms with Crippen LogP contribution in [-0.4, -0.2) is 46.3 Å². The number of nitrogens with zero attached hydrogens (tertiary/aromatic N) is 3. The molecule has 1 unspecified atom stereocenters. The summed E-state index contributed by atoms with van der Waals surface area (Å²) in [4.78, 5) is 6.71. The fourth-order valence-corrected chi connectivity index (χ4v) is 4.31. The number of anilines is 2. The van der Waals surface area contributed by atoms with E-state index in [0.29, 0.717) is 12.0 Å². The van der Waals surface area contributed by atoms with Gasteiger partial charge < -0.3 is 15.8 Å². The number of rotatable bonds is 8. The fraction of sp³-hybridized carbons (Fsp3) is 0.600. The first kappa shape index (κ1) is 18.1. The van der Waals surface area contributed by atoms with E-state index in [1.54, 1.807) is 0 Å². The van der Waals surface area contributed by atoms with Crippen LogP contribution in [0.4, 0.5) is 11.9 Å². The van der Waals surface area contributed by atoms with Crippen LogP contribution in [0.2, 0.25) is 0 Å². The van der Waals surface area contributed by atoms with E-state index in [-0.39, 0.29) is 5.95 Å². The number of hydrogen-bond acceptors (Lipinski definition) is 6. The molecule has 7 nitrogen and oxygen atoms in total. The Hall–Kier alpha value is -2.28.